The number of anilines is 3. The number of likely N-dealkylation sites (N-methyl/N-ethyl adjacent to an activating group) is 1. The van der Waals surface area contributed by atoms with Crippen LogP contribution in [0.4, 0.5) is 30.6 Å². The van der Waals surface area contributed by atoms with Gasteiger partial charge in [0.15, 0.2) is 34.7 Å². The Morgan fingerprint density at radius 1 is 0.560 bits per heavy atom. The number of hydrogen-bond acceptors (Lipinski definition) is 21. The molecule has 7 heterocycles. The van der Waals surface area contributed by atoms with Crippen LogP contribution in [0, 0.1) is 38.2 Å². The third-order valence-electron chi connectivity index (χ3n) is 12.7. The SMILES string of the molecule is CNCCO/N=C/c1c(N)ncnc1Oc1ccc2[nH]c(C)cc2c1F.Cc1cc2c(F)c(Oc3ncnc(N)c3/C=N/OCCCN(C)C)ccc2[nH]1.Cc1cc2c(F)c(Oc3ncnc(N)c3/C=N/OCCCN3CCCC3)ccc2[nH]1. The number of nitrogens with zero attached hydrogens (tertiary/aromatic N) is 11. The van der Waals surface area contributed by atoms with Crippen molar-refractivity contribution >= 4 is 68.8 Å². The fraction of sp³-hybridized carbons (Fsp3) is 0.316. The minimum Gasteiger partial charge on any atom is -0.435 e. The van der Waals surface area contributed by atoms with E-state index in [1.54, 1.807) is 49.5 Å². The molecule has 27 heteroatoms. The van der Waals surface area contributed by atoms with Gasteiger partial charge in [-0.15, -0.1) is 0 Å². The Bertz CT molecular complexity index is 3730. The quantitative estimate of drug-likeness (QED) is 0.0178. The number of fused-ring (bicyclic) bond motifs is 3. The maximum atomic E-state index is 14.8. The average molecular weight is 1160 g/mol. The Kier molecular flexibility index (Phi) is 21.2. The monoisotopic (exact) mass is 1160 g/mol. The van der Waals surface area contributed by atoms with Crippen LogP contribution in [0.3, 0.4) is 0 Å². The van der Waals surface area contributed by atoms with Crippen LogP contribution in [0.25, 0.3) is 32.7 Å². The molecule has 0 aliphatic carbocycles. The van der Waals surface area contributed by atoms with Crippen molar-refractivity contribution in [1.82, 2.24) is 60.0 Å². The van der Waals surface area contributed by atoms with Crippen LogP contribution in [0.1, 0.15) is 59.5 Å². The van der Waals surface area contributed by atoms with Gasteiger partial charge in [-0.3, -0.25) is 0 Å². The Morgan fingerprint density at radius 3 is 1.30 bits per heavy atom. The lowest BCUT2D eigenvalue weighted by Gasteiger charge is -2.13. The smallest absolute Gasteiger partial charge is 0.233 e. The van der Waals surface area contributed by atoms with Crippen molar-refractivity contribution in [2.45, 2.75) is 46.5 Å². The molecule has 3 aromatic carbocycles. The number of nitrogens with one attached hydrogen (secondary N) is 4. The summed E-state index contributed by atoms with van der Waals surface area (Å²) in [4.78, 5) is 53.3. The highest BCUT2D eigenvalue weighted by Crippen LogP contribution is 2.35. The van der Waals surface area contributed by atoms with E-state index >= 15 is 0 Å². The Labute approximate surface area is 481 Å². The molecule has 10 N–H and O–H groups in total. The first-order valence-corrected chi connectivity index (χ1v) is 26.8. The molecule has 0 saturated carbocycles. The van der Waals surface area contributed by atoms with Crippen LogP contribution in [0.5, 0.6) is 34.9 Å². The van der Waals surface area contributed by atoms with Crippen molar-refractivity contribution < 1.29 is 41.9 Å². The third-order valence-corrected chi connectivity index (χ3v) is 12.7. The third kappa shape index (κ3) is 16.1. The van der Waals surface area contributed by atoms with E-state index in [0.717, 1.165) is 56.1 Å². The standard InChI is InChI=1S/C21H25FN6O2.C19H23FN6O2.C17H19FN6O2/c1-14-11-15-17(27-14)5-6-18(19(15)22)30-21-16(20(23)24-13-25-21)12-26-29-10-4-9-28-7-2-3-8-28;1-12-9-13-15(25-12)5-6-16(17(13)20)28-19-14(18(21)22-11-23-19)10-24-27-8-4-7-26(2)3;1-10-7-11-13(24-10)3-4-14(15(11)18)26-17-12(16(19)21-9-22-17)8-23-25-6-5-20-2/h5-6,11-13,27H,2-4,7-10H2,1H3,(H2,23,24,25);5-6,9-11,25H,4,7-8H2,1-3H3,(H2,21,22,23);3-4,7-9,20,24H,5-6H2,1-2H3,(H2,19,21,22)/b26-12+;24-10+;23-8+. The molecule has 0 bridgehead atoms. The highest BCUT2D eigenvalue weighted by Gasteiger charge is 2.19. The number of aromatic amines is 3. The first kappa shape index (κ1) is 60.5. The largest absolute Gasteiger partial charge is 0.435 e. The average Bonchev–Trinajstić information content (AvgIpc) is 4.40. The van der Waals surface area contributed by atoms with Crippen molar-refractivity contribution in [1.29, 1.82) is 0 Å². The van der Waals surface area contributed by atoms with E-state index in [2.05, 4.69) is 75.4 Å². The van der Waals surface area contributed by atoms with Gasteiger partial charge < -0.3 is 76.0 Å². The topological polar surface area (TPSA) is 314 Å². The van der Waals surface area contributed by atoms with Crippen LogP contribution in [0.15, 0.2) is 89.0 Å². The number of nitrogens with two attached hydrogens (primary N) is 3. The van der Waals surface area contributed by atoms with Gasteiger partial charge in [0.05, 0.1) is 18.6 Å². The molecule has 0 amide bonds. The molecule has 0 spiro atoms. The molecule has 24 nitrogen and oxygen atoms in total. The normalized spacial score (nSPS) is 12.6. The Morgan fingerprint density at radius 2 is 0.929 bits per heavy atom. The molecule has 442 valence electrons. The number of halogens is 3. The van der Waals surface area contributed by atoms with E-state index in [1.807, 2.05) is 34.9 Å². The molecule has 9 aromatic rings. The highest BCUT2D eigenvalue weighted by atomic mass is 19.1. The molecule has 0 unspecified atom stereocenters. The molecule has 1 fully saturated rings. The van der Waals surface area contributed by atoms with Gasteiger partial charge in [-0.25, -0.2) is 43.1 Å². The molecule has 0 atom stereocenters. The summed E-state index contributed by atoms with van der Waals surface area (Å²) in [7, 11) is 5.78. The number of benzene rings is 3. The lowest BCUT2D eigenvalue weighted by molar-refractivity contribution is 0.133. The number of oxime groups is 3. The van der Waals surface area contributed by atoms with Gasteiger partial charge in [-0.1, -0.05) is 15.5 Å². The second-order valence-electron chi connectivity index (χ2n) is 19.5. The van der Waals surface area contributed by atoms with Crippen LogP contribution < -0.4 is 36.7 Å². The molecule has 1 saturated heterocycles. The van der Waals surface area contributed by atoms with E-state index in [1.165, 1.54) is 62.6 Å². The zero-order valence-electron chi connectivity index (χ0n) is 47.4. The van der Waals surface area contributed by atoms with Gasteiger partial charge in [0.25, 0.3) is 0 Å². The zero-order valence-corrected chi connectivity index (χ0v) is 47.4. The van der Waals surface area contributed by atoms with Crippen molar-refractivity contribution in [2.24, 2.45) is 15.5 Å². The van der Waals surface area contributed by atoms with Crippen molar-refractivity contribution in [2.75, 3.05) is 90.9 Å². The molecule has 10 rings (SSSR count). The lowest BCUT2D eigenvalue weighted by atomic mass is 10.2. The molecule has 84 heavy (non-hydrogen) atoms. The van der Waals surface area contributed by atoms with E-state index in [0.29, 0.717) is 75.8 Å². The predicted octanol–water partition coefficient (Wildman–Crippen LogP) is 9.05. The fourth-order valence-electron chi connectivity index (χ4n) is 8.58. The number of H-pyrrole nitrogens is 3. The minimum atomic E-state index is -0.489. The van der Waals surface area contributed by atoms with Crippen LogP contribution in [-0.2, 0) is 14.5 Å². The van der Waals surface area contributed by atoms with Crippen molar-refractivity contribution in [3.8, 4) is 34.9 Å². The maximum absolute atomic E-state index is 14.8. The van der Waals surface area contributed by atoms with Gasteiger partial charge in [-0.05, 0) is 135 Å². The zero-order chi connectivity index (χ0) is 59.5. The Hall–Kier alpha value is -9.60. The van der Waals surface area contributed by atoms with E-state index in [4.69, 9.17) is 45.9 Å². The Balaban J connectivity index is 0.000000165. The number of aryl methyl sites for hydroxylation is 3. The minimum absolute atomic E-state index is 0.0281. The summed E-state index contributed by atoms with van der Waals surface area (Å²) in [6.45, 7) is 11.8. The summed E-state index contributed by atoms with van der Waals surface area (Å²) < 4.78 is 61.3. The molecular weight excluding hydrogens is 1090 g/mol. The van der Waals surface area contributed by atoms with Gasteiger partial charge in [0.2, 0.25) is 17.6 Å². The number of ether oxygens (including phenoxy) is 3. The van der Waals surface area contributed by atoms with E-state index < -0.39 is 17.5 Å². The summed E-state index contributed by atoms with van der Waals surface area (Å²) in [5, 5.41) is 15.9. The second kappa shape index (κ2) is 29.4. The summed E-state index contributed by atoms with van der Waals surface area (Å²) in [6.07, 6.45) is 12.1. The fourth-order valence-corrected chi connectivity index (χ4v) is 8.58. The lowest BCUT2D eigenvalue weighted by Crippen LogP contribution is -2.21. The van der Waals surface area contributed by atoms with Crippen LogP contribution in [-0.4, -0.2) is 147 Å². The van der Waals surface area contributed by atoms with Gasteiger partial charge in [0.1, 0.15) is 72.9 Å². The van der Waals surface area contributed by atoms with E-state index in [9.17, 15) is 13.2 Å². The molecule has 0 radical (unpaired) electrons. The number of hydrogen-bond donors (Lipinski definition) is 7. The van der Waals surface area contributed by atoms with Gasteiger partial charge >= 0.3 is 0 Å². The summed E-state index contributed by atoms with van der Waals surface area (Å²) in [5.41, 5.74) is 23.3. The van der Waals surface area contributed by atoms with Crippen LogP contribution in [0.2, 0.25) is 0 Å². The van der Waals surface area contributed by atoms with E-state index in [-0.39, 0.29) is 52.3 Å². The summed E-state index contributed by atoms with van der Waals surface area (Å²) >= 11 is 0. The molecule has 1 aliphatic heterocycles. The summed E-state index contributed by atoms with van der Waals surface area (Å²) in [6, 6.07) is 15.0. The maximum Gasteiger partial charge on any atom is 0.233 e. The highest BCUT2D eigenvalue weighted by molar-refractivity contribution is 5.90. The van der Waals surface area contributed by atoms with Crippen molar-refractivity contribution in [3.05, 3.63) is 125 Å². The number of rotatable bonds is 23. The van der Waals surface area contributed by atoms with Crippen LogP contribution >= 0.6 is 0 Å². The first-order valence-electron chi connectivity index (χ1n) is 26.8. The molecular formula is C57H67F3N18O6. The van der Waals surface area contributed by atoms with Gasteiger partial charge in [-0.2, -0.15) is 0 Å². The van der Waals surface area contributed by atoms with Gasteiger partial charge in [0, 0.05) is 69.4 Å². The number of nitrogen functional groups attached to an aromatic ring is 3. The van der Waals surface area contributed by atoms with Crippen molar-refractivity contribution in [3.63, 3.8) is 0 Å². The first-order chi connectivity index (χ1) is 40.7. The predicted molar refractivity (Wildman–Crippen MR) is 317 cm³/mol. The molecule has 6 aromatic heterocycles. The summed E-state index contributed by atoms with van der Waals surface area (Å²) in [5.74, 6) is -0.579. The molecule has 1 aliphatic rings. The second-order valence-corrected chi connectivity index (χ2v) is 19.5. The number of aromatic nitrogens is 9. The number of likely N-dealkylation sites (tertiary alicyclic amines) is 1.